The highest BCUT2D eigenvalue weighted by Crippen LogP contribution is 2.25. The van der Waals surface area contributed by atoms with Gasteiger partial charge in [-0.2, -0.15) is 4.31 Å². The quantitative estimate of drug-likeness (QED) is 0.717. The first-order chi connectivity index (χ1) is 8.38. The number of aliphatic carboxylic acids is 1. The largest absolute Gasteiger partial charge is 0.480 e. The molecule has 0 amide bonds. The van der Waals surface area contributed by atoms with E-state index in [0.29, 0.717) is 32.4 Å². The molecule has 1 fully saturated rings. The number of piperidine rings is 1. The molecule has 0 aromatic carbocycles. The van der Waals surface area contributed by atoms with Crippen LogP contribution in [0.2, 0.25) is 0 Å². The maximum absolute atomic E-state index is 12.1. The number of nitrogens with zero attached hydrogens (tertiary/aromatic N) is 1. The van der Waals surface area contributed by atoms with Gasteiger partial charge in [-0.05, 0) is 25.2 Å². The highest BCUT2D eigenvalue weighted by molar-refractivity contribution is 7.89. The van der Waals surface area contributed by atoms with Crippen LogP contribution < -0.4 is 0 Å². The van der Waals surface area contributed by atoms with E-state index >= 15 is 0 Å². The molecule has 7 heteroatoms. The molecule has 1 aliphatic heterocycles. The Labute approximate surface area is 108 Å². The highest BCUT2D eigenvalue weighted by Gasteiger charge is 2.38. The molecule has 0 aromatic heterocycles. The highest BCUT2D eigenvalue weighted by atomic mass is 32.2. The normalized spacial score (nSPS) is 26.1. The summed E-state index contributed by atoms with van der Waals surface area (Å²) in [5.74, 6) is -0.868. The zero-order valence-electron chi connectivity index (χ0n) is 10.8. The smallest absolute Gasteiger partial charge is 0.322 e. The third-order valence-electron chi connectivity index (χ3n) is 3.21. The van der Waals surface area contributed by atoms with Crippen LogP contribution in [-0.2, 0) is 19.6 Å². The van der Waals surface area contributed by atoms with Crippen LogP contribution in [0.4, 0.5) is 0 Å². The minimum atomic E-state index is -3.50. The molecule has 18 heavy (non-hydrogen) atoms. The second kappa shape index (κ2) is 6.49. The average Bonchev–Trinajstić information content (AvgIpc) is 2.28. The van der Waals surface area contributed by atoms with Gasteiger partial charge in [-0.3, -0.25) is 4.79 Å². The number of hydrogen-bond acceptors (Lipinski definition) is 4. The number of carboxylic acids is 1. The van der Waals surface area contributed by atoms with Crippen molar-refractivity contribution < 1.29 is 23.1 Å². The molecule has 0 aliphatic carbocycles. The molecule has 1 rings (SSSR count). The topological polar surface area (TPSA) is 83.9 Å². The molecule has 1 heterocycles. The van der Waals surface area contributed by atoms with Crippen molar-refractivity contribution in [2.75, 3.05) is 26.0 Å². The lowest BCUT2D eigenvalue weighted by Gasteiger charge is -2.34. The van der Waals surface area contributed by atoms with Crippen molar-refractivity contribution in [3.8, 4) is 0 Å². The molecule has 1 aliphatic rings. The summed E-state index contributed by atoms with van der Waals surface area (Å²) >= 11 is 0. The van der Waals surface area contributed by atoms with E-state index in [1.165, 1.54) is 7.11 Å². The summed E-state index contributed by atoms with van der Waals surface area (Å²) in [7, 11) is -1.99. The first-order valence-electron chi connectivity index (χ1n) is 6.09. The van der Waals surface area contributed by atoms with Gasteiger partial charge in [-0.1, -0.05) is 6.92 Å². The summed E-state index contributed by atoms with van der Waals surface area (Å²) in [4.78, 5) is 11.2. The van der Waals surface area contributed by atoms with E-state index in [4.69, 9.17) is 9.84 Å². The van der Waals surface area contributed by atoms with E-state index in [2.05, 4.69) is 0 Å². The molecule has 0 saturated carbocycles. The van der Waals surface area contributed by atoms with Gasteiger partial charge < -0.3 is 9.84 Å². The van der Waals surface area contributed by atoms with Crippen LogP contribution >= 0.6 is 0 Å². The number of ether oxygens (including phenoxy) is 1. The standard InChI is InChI=1S/C11H21NO5S/c1-9-4-5-12(10(8-9)11(13)14)18(15,16)7-3-6-17-2/h9-10H,3-8H2,1-2H3,(H,13,14). The molecular formula is C11H21NO5S. The predicted octanol–water partition coefficient (Wildman–Crippen LogP) is 0.538. The lowest BCUT2D eigenvalue weighted by atomic mass is 9.94. The third kappa shape index (κ3) is 3.93. The van der Waals surface area contributed by atoms with Crippen molar-refractivity contribution in [2.45, 2.75) is 32.2 Å². The first kappa shape index (κ1) is 15.4. The maximum atomic E-state index is 12.1. The van der Waals surface area contributed by atoms with Gasteiger partial charge in [-0.15, -0.1) is 0 Å². The van der Waals surface area contributed by atoms with E-state index in [0.717, 1.165) is 4.31 Å². The van der Waals surface area contributed by atoms with E-state index in [9.17, 15) is 13.2 Å². The second-order valence-electron chi connectivity index (χ2n) is 4.76. The summed E-state index contributed by atoms with van der Waals surface area (Å²) < 4.78 is 30.1. The van der Waals surface area contributed by atoms with Crippen molar-refractivity contribution in [1.82, 2.24) is 4.31 Å². The van der Waals surface area contributed by atoms with Crippen molar-refractivity contribution >= 4 is 16.0 Å². The molecule has 6 nitrogen and oxygen atoms in total. The van der Waals surface area contributed by atoms with Gasteiger partial charge in [0, 0.05) is 20.3 Å². The Kier molecular flexibility index (Phi) is 5.55. The minimum absolute atomic E-state index is 0.0565. The molecule has 0 bridgehead atoms. The fourth-order valence-corrected chi connectivity index (χ4v) is 3.84. The second-order valence-corrected chi connectivity index (χ2v) is 6.80. The fraction of sp³-hybridized carbons (Fsp3) is 0.909. The molecule has 106 valence electrons. The predicted molar refractivity (Wildman–Crippen MR) is 66.8 cm³/mol. The van der Waals surface area contributed by atoms with Crippen LogP contribution in [0.1, 0.15) is 26.2 Å². The van der Waals surface area contributed by atoms with Gasteiger partial charge in [0.1, 0.15) is 6.04 Å². The fourth-order valence-electron chi connectivity index (χ4n) is 2.18. The zero-order valence-corrected chi connectivity index (χ0v) is 11.6. The monoisotopic (exact) mass is 279 g/mol. The maximum Gasteiger partial charge on any atom is 0.322 e. The number of carboxylic acid groups (broad SMARTS) is 1. The Morgan fingerprint density at radius 1 is 1.50 bits per heavy atom. The van der Waals surface area contributed by atoms with E-state index in [1.54, 1.807) is 0 Å². The van der Waals surface area contributed by atoms with Gasteiger partial charge in [0.05, 0.1) is 5.75 Å². The summed E-state index contributed by atoms with van der Waals surface area (Å²) in [5, 5.41) is 9.13. The van der Waals surface area contributed by atoms with E-state index in [1.807, 2.05) is 6.92 Å². The molecule has 0 aromatic rings. The number of rotatable bonds is 6. The zero-order chi connectivity index (χ0) is 13.8. The molecule has 2 atom stereocenters. The molecule has 2 unspecified atom stereocenters. The lowest BCUT2D eigenvalue weighted by Crippen LogP contribution is -2.50. The lowest BCUT2D eigenvalue weighted by molar-refractivity contribution is -0.142. The van der Waals surface area contributed by atoms with Crippen LogP contribution in [0, 0.1) is 5.92 Å². The number of carbonyl (C=O) groups is 1. The van der Waals surface area contributed by atoms with Gasteiger partial charge in [0.25, 0.3) is 0 Å². The van der Waals surface area contributed by atoms with Crippen LogP contribution in [-0.4, -0.2) is 55.9 Å². The summed E-state index contributed by atoms with van der Waals surface area (Å²) in [5.41, 5.74) is 0. The summed E-state index contributed by atoms with van der Waals surface area (Å²) in [6.45, 7) is 2.61. The van der Waals surface area contributed by atoms with Crippen molar-refractivity contribution in [3.63, 3.8) is 0 Å². The van der Waals surface area contributed by atoms with Gasteiger partial charge in [0.2, 0.25) is 10.0 Å². The molecule has 0 radical (unpaired) electrons. The van der Waals surface area contributed by atoms with Crippen LogP contribution in [0.3, 0.4) is 0 Å². The number of methoxy groups -OCH3 is 1. The Bertz CT molecular complexity index is 381. The van der Waals surface area contributed by atoms with Gasteiger partial charge in [-0.25, -0.2) is 8.42 Å². The summed E-state index contributed by atoms with van der Waals surface area (Å²) in [6, 6.07) is -0.915. The number of sulfonamides is 1. The van der Waals surface area contributed by atoms with Crippen molar-refractivity contribution in [2.24, 2.45) is 5.92 Å². The molecule has 1 saturated heterocycles. The van der Waals surface area contributed by atoms with Crippen molar-refractivity contribution in [1.29, 1.82) is 0 Å². The molecular weight excluding hydrogens is 258 g/mol. The van der Waals surface area contributed by atoms with Crippen LogP contribution in [0.15, 0.2) is 0 Å². The Hall–Kier alpha value is -0.660. The minimum Gasteiger partial charge on any atom is -0.480 e. The molecule has 1 N–H and O–H groups in total. The third-order valence-corrected chi connectivity index (χ3v) is 5.16. The first-order valence-corrected chi connectivity index (χ1v) is 7.70. The van der Waals surface area contributed by atoms with Gasteiger partial charge >= 0.3 is 5.97 Å². The summed E-state index contributed by atoms with van der Waals surface area (Å²) in [6.07, 6.45) is 1.49. The Balaban J connectivity index is 2.75. The number of hydrogen-bond donors (Lipinski definition) is 1. The SMILES string of the molecule is COCCCS(=O)(=O)N1CCC(C)CC1C(=O)O. The van der Waals surface area contributed by atoms with E-state index < -0.39 is 22.0 Å². The Morgan fingerprint density at radius 3 is 2.72 bits per heavy atom. The van der Waals surface area contributed by atoms with E-state index in [-0.39, 0.29) is 11.7 Å². The molecule has 0 spiro atoms. The van der Waals surface area contributed by atoms with Crippen LogP contribution in [0.5, 0.6) is 0 Å². The van der Waals surface area contributed by atoms with Crippen LogP contribution in [0.25, 0.3) is 0 Å². The average molecular weight is 279 g/mol. The van der Waals surface area contributed by atoms with Crippen molar-refractivity contribution in [3.05, 3.63) is 0 Å². The van der Waals surface area contributed by atoms with Gasteiger partial charge in [0.15, 0.2) is 0 Å². The Morgan fingerprint density at radius 2 is 2.17 bits per heavy atom.